The molecule has 0 aliphatic heterocycles. The summed E-state index contributed by atoms with van der Waals surface area (Å²) in [5, 5.41) is 9.68. The Bertz CT molecular complexity index is 982. The molecule has 2 aromatic carbocycles. The summed E-state index contributed by atoms with van der Waals surface area (Å²) in [6.07, 6.45) is -3.90. The second kappa shape index (κ2) is 8.67. The number of benzene rings is 2. The van der Waals surface area contributed by atoms with E-state index in [2.05, 4.69) is 4.74 Å². The lowest BCUT2D eigenvalue weighted by Gasteiger charge is -2.32. The summed E-state index contributed by atoms with van der Waals surface area (Å²) in [6, 6.07) is 11.5. The predicted molar refractivity (Wildman–Crippen MR) is 104 cm³/mol. The van der Waals surface area contributed by atoms with Crippen molar-refractivity contribution in [1.82, 2.24) is 0 Å². The van der Waals surface area contributed by atoms with Crippen LogP contribution in [0, 0.1) is 0 Å². The number of sulfone groups is 1. The highest BCUT2D eigenvalue weighted by atomic mass is 32.2. The van der Waals surface area contributed by atoms with Crippen LogP contribution in [-0.4, -0.2) is 37.0 Å². The molecule has 0 heterocycles. The summed E-state index contributed by atoms with van der Waals surface area (Å²) in [5.41, 5.74) is 1.25. The van der Waals surface area contributed by atoms with Gasteiger partial charge in [-0.15, -0.1) is 0 Å². The zero-order valence-electron chi connectivity index (χ0n) is 15.9. The van der Waals surface area contributed by atoms with E-state index in [1.54, 1.807) is 0 Å². The number of halogens is 3. The van der Waals surface area contributed by atoms with Crippen LogP contribution in [0.25, 0.3) is 11.1 Å². The van der Waals surface area contributed by atoms with Crippen molar-refractivity contribution in [2.75, 3.05) is 0 Å². The van der Waals surface area contributed by atoms with E-state index in [1.165, 1.54) is 48.5 Å². The Kier molecular flexibility index (Phi) is 6.40. The Balaban J connectivity index is 1.83. The Morgan fingerprint density at radius 1 is 0.900 bits per heavy atom. The van der Waals surface area contributed by atoms with Gasteiger partial charge in [0.05, 0.1) is 4.90 Å². The van der Waals surface area contributed by atoms with Gasteiger partial charge in [0, 0.05) is 0 Å². The molecule has 0 radical (unpaired) electrons. The number of carboxylic acid groups (broad SMARTS) is 1. The molecular formula is C21H21F3O5S. The van der Waals surface area contributed by atoms with Gasteiger partial charge in [0.1, 0.15) is 5.75 Å². The number of carbonyl (C=O) groups is 1. The van der Waals surface area contributed by atoms with Crippen LogP contribution in [0.3, 0.4) is 0 Å². The Hall–Kier alpha value is -2.55. The molecule has 1 aliphatic carbocycles. The fourth-order valence-electron chi connectivity index (χ4n) is 3.68. The summed E-state index contributed by atoms with van der Waals surface area (Å²) in [6.45, 7) is 0. The molecule has 0 amide bonds. The van der Waals surface area contributed by atoms with Crippen molar-refractivity contribution >= 4 is 15.8 Å². The molecule has 1 aliphatic rings. The number of alkyl halides is 3. The smallest absolute Gasteiger partial charge is 0.325 e. The molecule has 0 spiro atoms. The second-order valence-electron chi connectivity index (χ2n) is 7.22. The molecule has 162 valence electrons. The third-order valence-electron chi connectivity index (χ3n) is 5.36. The SMILES string of the molecule is O=C(O)C1(S(=O)(=O)c2ccc(-c3ccc(OC(F)C(F)F)cc3)cc2)CCCCC1. The van der Waals surface area contributed by atoms with Crippen LogP contribution in [-0.2, 0) is 14.6 Å². The minimum Gasteiger partial charge on any atom is -0.480 e. The van der Waals surface area contributed by atoms with Gasteiger partial charge in [-0.05, 0) is 48.2 Å². The minimum atomic E-state index is -4.08. The molecule has 5 nitrogen and oxygen atoms in total. The van der Waals surface area contributed by atoms with Crippen LogP contribution in [0.4, 0.5) is 13.2 Å². The van der Waals surface area contributed by atoms with E-state index < -0.39 is 33.3 Å². The van der Waals surface area contributed by atoms with Crippen LogP contribution in [0.15, 0.2) is 53.4 Å². The molecule has 0 aromatic heterocycles. The lowest BCUT2D eigenvalue weighted by atomic mass is 9.88. The highest BCUT2D eigenvalue weighted by Crippen LogP contribution is 2.39. The molecule has 2 aromatic rings. The third-order valence-corrected chi connectivity index (χ3v) is 7.87. The van der Waals surface area contributed by atoms with Gasteiger partial charge in [-0.2, -0.15) is 4.39 Å². The number of hydrogen-bond acceptors (Lipinski definition) is 4. The van der Waals surface area contributed by atoms with E-state index >= 15 is 0 Å². The lowest BCUT2D eigenvalue weighted by molar-refractivity contribution is -0.141. The maximum absolute atomic E-state index is 13.1. The molecule has 1 unspecified atom stereocenters. The normalized spacial score (nSPS) is 17.5. The molecule has 1 fully saturated rings. The van der Waals surface area contributed by atoms with Gasteiger partial charge in [-0.3, -0.25) is 4.79 Å². The summed E-state index contributed by atoms with van der Waals surface area (Å²) < 4.78 is 66.3. The largest absolute Gasteiger partial charge is 0.480 e. The van der Waals surface area contributed by atoms with Crippen LogP contribution in [0.5, 0.6) is 5.75 Å². The zero-order valence-corrected chi connectivity index (χ0v) is 16.7. The molecule has 1 N–H and O–H groups in total. The van der Waals surface area contributed by atoms with Crippen molar-refractivity contribution in [2.45, 2.75) is 54.5 Å². The zero-order chi connectivity index (χ0) is 21.9. The van der Waals surface area contributed by atoms with Gasteiger partial charge in [0.25, 0.3) is 6.36 Å². The van der Waals surface area contributed by atoms with Crippen molar-refractivity contribution in [3.05, 3.63) is 48.5 Å². The number of aliphatic carboxylic acids is 1. The monoisotopic (exact) mass is 442 g/mol. The summed E-state index contributed by atoms with van der Waals surface area (Å²) in [7, 11) is -4.08. The predicted octanol–water partition coefficient (Wildman–Crippen LogP) is 4.85. The van der Waals surface area contributed by atoms with Crippen LogP contribution < -0.4 is 4.74 Å². The maximum Gasteiger partial charge on any atom is 0.325 e. The van der Waals surface area contributed by atoms with E-state index in [0.29, 0.717) is 24.0 Å². The Morgan fingerprint density at radius 3 is 1.87 bits per heavy atom. The van der Waals surface area contributed by atoms with Gasteiger partial charge >= 0.3 is 12.4 Å². The van der Waals surface area contributed by atoms with Gasteiger partial charge < -0.3 is 9.84 Å². The first-order valence-corrected chi connectivity index (χ1v) is 10.9. The molecule has 0 bridgehead atoms. The van der Waals surface area contributed by atoms with Gasteiger partial charge in [-0.1, -0.05) is 43.5 Å². The maximum atomic E-state index is 13.1. The first kappa shape index (κ1) is 22.1. The van der Waals surface area contributed by atoms with Crippen LogP contribution in [0.2, 0.25) is 0 Å². The summed E-state index contributed by atoms with van der Waals surface area (Å²) in [5.74, 6) is -1.39. The van der Waals surface area contributed by atoms with Gasteiger partial charge in [0.2, 0.25) is 0 Å². The minimum absolute atomic E-state index is 0.0623. The molecular weight excluding hydrogens is 421 g/mol. The topological polar surface area (TPSA) is 80.7 Å². The van der Waals surface area contributed by atoms with Crippen molar-refractivity contribution in [3.8, 4) is 16.9 Å². The number of rotatable bonds is 7. The van der Waals surface area contributed by atoms with Crippen molar-refractivity contribution < 1.29 is 36.2 Å². The lowest BCUT2D eigenvalue weighted by Crippen LogP contribution is -2.47. The molecule has 0 saturated heterocycles. The van der Waals surface area contributed by atoms with E-state index in [4.69, 9.17) is 0 Å². The fraction of sp³-hybridized carbons (Fsp3) is 0.381. The molecule has 30 heavy (non-hydrogen) atoms. The van der Waals surface area contributed by atoms with Crippen molar-refractivity contribution in [1.29, 1.82) is 0 Å². The van der Waals surface area contributed by atoms with E-state index in [9.17, 15) is 31.5 Å². The second-order valence-corrected chi connectivity index (χ2v) is 9.48. The average Bonchev–Trinajstić information content (AvgIpc) is 2.74. The van der Waals surface area contributed by atoms with Gasteiger partial charge in [0.15, 0.2) is 14.6 Å². The van der Waals surface area contributed by atoms with E-state index in [0.717, 1.165) is 6.42 Å². The first-order chi connectivity index (χ1) is 14.2. The third kappa shape index (κ3) is 4.16. The number of hydrogen-bond donors (Lipinski definition) is 1. The van der Waals surface area contributed by atoms with Crippen molar-refractivity contribution in [2.24, 2.45) is 0 Å². The molecule has 9 heteroatoms. The molecule has 1 atom stereocenters. The molecule has 1 saturated carbocycles. The number of ether oxygens (including phenoxy) is 1. The standard InChI is InChI=1S/C21H21F3O5S/c22-18(23)19(24)29-16-8-4-14(5-9-16)15-6-10-17(11-7-15)30(27,28)21(20(25)26)12-2-1-3-13-21/h4-11,18-19H,1-3,12-13H2,(H,25,26). The van der Waals surface area contributed by atoms with Gasteiger partial charge in [-0.25, -0.2) is 17.2 Å². The summed E-state index contributed by atoms with van der Waals surface area (Å²) in [4.78, 5) is 11.8. The Morgan fingerprint density at radius 2 is 1.40 bits per heavy atom. The first-order valence-electron chi connectivity index (χ1n) is 9.45. The number of carboxylic acids is 1. The van der Waals surface area contributed by atoms with Crippen molar-refractivity contribution in [3.63, 3.8) is 0 Å². The van der Waals surface area contributed by atoms with Crippen LogP contribution >= 0.6 is 0 Å². The van der Waals surface area contributed by atoms with Crippen LogP contribution in [0.1, 0.15) is 32.1 Å². The molecule has 3 rings (SSSR count). The average molecular weight is 442 g/mol. The summed E-state index contributed by atoms with van der Waals surface area (Å²) >= 11 is 0. The quantitative estimate of drug-likeness (QED) is 0.663. The highest BCUT2D eigenvalue weighted by Gasteiger charge is 2.51. The Labute approximate surface area is 172 Å². The van der Waals surface area contributed by atoms with E-state index in [-0.39, 0.29) is 23.5 Å². The van der Waals surface area contributed by atoms with E-state index in [1.807, 2.05) is 0 Å². The fourth-order valence-corrected chi connectivity index (χ4v) is 5.68. The highest BCUT2D eigenvalue weighted by molar-refractivity contribution is 7.93.